The standard InChI is InChI=1S/C23H16Cl6N4O/c1-13-3-7-15(8-4-13)17-11-19(22(24,25)26)32(30-17)21(34)33-20(23(27,28)29)12-18(31-33)16-9-5-14(2)6-10-16/h3-12H,1-2H3. The van der Waals surface area contributed by atoms with E-state index in [-0.39, 0.29) is 11.4 Å². The molecule has 0 bridgehead atoms. The molecule has 0 fully saturated rings. The van der Waals surface area contributed by atoms with Gasteiger partial charge in [0, 0.05) is 11.1 Å². The first-order valence-electron chi connectivity index (χ1n) is 9.88. The van der Waals surface area contributed by atoms with Crippen molar-refractivity contribution >= 4 is 75.6 Å². The van der Waals surface area contributed by atoms with Gasteiger partial charge in [0.25, 0.3) is 0 Å². The van der Waals surface area contributed by atoms with E-state index in [0.29, 0.717) is 11.4 Å². The Morgan fingerprint density at radius 3 is 1.26 bits per heavy atom. The van der Waals surface area contributed by atoms with E-state index in [1.54, 1.807) is 0 Å². The topological polar surface area (TPSA) is 52.7 Å². The van der Waals surface area contributed by atoms with Crippen molar-refractivity contribution in [2.75, 3.05) is 0 Å². The van der Waals surface area contributed by atoms with Gasteiger partial charge in [-0.15, -0.1) is 0 Å². The highest BCUT2D eigenvalue weighted by Crippen LogP contribution is 2.42. The summed E-state index contributed by atoms with van der Waals surface area (Å²) in [6.07, 6.45) is 0. The SMILES string of the molecule is Cc1ccc(-c2cc(C(Cl)(Cl)Cl)n(C(=O)n3nc(-c4ccc(C)cc4)cc3C(Cl)(Cl)Cl)n2)cc1. The number of carbonyl (C=O) groups is 1. The predicted octanol–water partition coefficient (Wildman–Crippen LogP) is 8.20. The minimum Gasteiger partial charge on any atom is -0.244 e. The van der Waals surface area contributed by atoms with Crippen molar-refractivity contribution < 1.29 is 4.79 Å². The van der Waals surface area contributed by atoms with Crippen molar-refractivity contribution in [3.05, 3.63) is 83.2 Å². The molecule has 0 aliphatic heterocycles. The number of hydrogen-bond donors (Lipinski definition) is 0. The lowest BCUT2D eigenvalue weighted by Crippen LogP contribution is -2.29. The highest BCUT2D eigenvalue weighted by molar-refractivity contribution is 6.67. The van der Waals surface area contributed by atoms with E-state index in [0.717, 1.165) is 31.6 Å². The summed E-state index contributed by atoms with van der Waals surface area (Å²) in [4.78, 5) is 13.6. The van der Waals surface area contributed by atoms with Crippen LogP contribution in [0.1, 0.15) is 22.5 Å². The number of rotatable bonds is 2. The van der Waals surface area contributed by atoms with Crippen LogP contribution in [0.15, 0.2) is 60.7 Å². The van der Waals surface area contributed by atoms with Crippen LogP contribution >= 0.6 is 69.6 Å². The van der Waals surface area contributed by atoms with Crippen LogP contribution in [-0.2, 0) is 7.59 Å². The fraction of sp³-hybridized carbons (Fsp3) is 0.174. The van der Waals surface area contributed by atoms with Gasteiger partial charge in [-0.05, 0) is 26.0 Å². The van der Waals surface area contributed by atoms with Gasteiger partial charge in [-0.1, -0.05) is 129 Å². The maximum atomic E-state index is 13.6. The quantitative estimate of drug-likeness (QED) is 0.226. The molecule has 0 radical (unpaired) electrons. The molecule has 0 atom stereocenters. The Balaban J connectivity index is 1.86. The largest absolute Gasteiger partial charge is 0.370 e. The molecule has 0 saturated carbocycles. The molecule has 2 aromatic heterocycles. The van der Waals surface area contributed by atoms with Gasteiger partial charge in [-0.25, -0.2) is 4.79 Å². The maximum Gasteiger partial charge on any atom is 0.370 e. The summed E-state index contributed by atoms with van der Waals surface area (Å²) in [6, 6.07) is 17.3. The van der Waals surface area contributed by atoms with E-state index >= 15 is 0 Å². The van der Waals surface area contributed by atoms with Crippen LogP contribution in [0.2, 0.25) is 0 Å². The summed E-state index contributed by atoms with van der Waals surface area (Å²) in [7, 11) is 0. The Hall–Kier alpha value is -1.73. The fourth-order valence-electron chi connectivity index (χ4n) is 3.28. The molecule has 4 aromatic rings. The van der Waals surface area contributed by atoms with E-state index in [1.807, 2.05) is 62.4 Å². The van der Waals surface area contributed by atoms with Crippen LogP contribution in [0.3, 0.4) is 0 Å². The molecule has 0 unspecified atom stereocenters. The Morgan fingerprint density at radius 1 is 0.647 bits per heavy atom. The molecule has 2 aromatic carbocycles. The van der Waals surface area contributed by atoms with Crippen molar-refractivity contribution in [3.8, 4) is 22.5 Å². The molecule has 0 aliphatic carbocycles. The van der Waals surface area contributed by atoms with Crippen LogP contribution in [0, 0.1) is 13.8 Å². The van der Waals surface area contributed by atoms with Gasteiger partial charge in [0.2, 0.25) is 7.59 Å². The van der Waals surface area contributed by atoms with Crippen molar-refractivity contribution in [3.63, 3.8) is 0 Å². The van der Waals surface area contributed by atoms with Gasteiger partial charge in [-0.2, -0.15) is 19.6 Å². The van der Waals surface area contributed by atoms with Crippen molar-refractivity contribution in [2.45, 2.75) is 21.4 Å². The summed E-state index contributed by atoms with van der Waals surface area (Å²) in [5.74, 6) is 0. The van der Waals surface area contributed by atoms with E-state index in [2.05, 4.69) is 10.2 Å². The zero-order valence-corrected chi connectivity index (χ0v) is 22.3. The van der Waals surface area contributed by atoms with Crippen molar-refractivity contribution in [1.29, 1.82) is 0 Å². The minimum absolute atomic E-state index is 0.0146. The zero-order valence-electron chi connectivity index (χ0n) is 17.7. The first-order valence-corrected chi connectivity index (χ1v) is 12.1. The molecule has 0 amide bonds. The Morgan fingerprint density at radius 2 is 0.971 bits per heavy atom. The summed E-state index contributed by atoms with van der Waals surface area (Å²) in [5.41, 5.74) is 4.47. The fourth-order valence-corrected chi connectivity index (χ4v) is 4.09. The molecule has 0 spiro atoms. The van der Waals surface area contributed by atoms with Crippen molar-refractivity contribution in [2.24, 2.45) is 0 Å². The number of alkyl halides is 6. The number of aryl methyl sites for hydroxylation is 2. The molecule has 0 saturated heterocycles. The van der Waals surface area contributed by atoms with E-state index in [4.69, 9.17) is 69.6 Å². The molecule has 5 nitrogen and oxygen atoms in total. The number of aromatic nitrogens is 4. The van der Waals surface area contributed by atoms with Crippen LogP contribution in [0.4, 0.5) is 4.79 Å². The normalized spacial score (nSPS) is 12.2. The van der Waals surface area contributed by atoms with Gasteiger partial charge < -0.3 is 0 Å². The molecule has 34 heavy (non-hydrogen) atoms. The highest BCUT2D eigenvalue weighted by Gasteiger charge is 2.36. The highest BCUT2D eigenvalue weighted by atomic mass is 35.6. The third kappa shape index (κ3) is 5.25. The average Bonchev–Trinajstić information content (AvgIpc) is 3.40. The number of nitrogens with zero attached hydrogens (tertiary/aromatic N) is 4. The van der Waals surface area contributed by atoms with Crippen LogP contribution < -0.4 is 0 Å². The Bertz CT molecular complexity index is 1240. The smallest absolute Gasteiger partial charge is 0.244 e. The zero-order chi connectivity index (χ0) is 24.8. The second-order valence-corrected chi connectivity index (χ2v) is 12.2. The monoisotopic (exact) mass is 574 g/mol. The third-order valence-electron chi connectivity index (χ3n) is 5.06. The summed E-state index contributed by atoms with van der Waals surface area (Å²) in [5, 5.41) is 8.79. The lowest BCUT2D eigenvalue weighted by molar-refractivity contribution is 0.237. The molecule has 4 rings (SSSR count). The number of halogens is 6. The number of carbonyl (C=O) groups excluding carboxylic acids is 1. The van der Waals surface area contributed by atoms with Crippen LogP contribution in [-0.4, -0.2) is 25.6 Å². The lowest BCUT2D eigenvalue weighted by Gasteiger charge is -2.15. The predicted molar refractivity (Wildman–Crippen MR) is 139 cm³/mol. The Labute approximate surface area is 226 Å². The molecule has 2 heterocycles. The van der Waals surface area contributed by atoms with Gasteiger partial charge >= 0.3 is 6.03 Å². The first kappa shape index (κ1) is 25.4. The third-order valence-corrected chi connectivity index (χ3v) is 6.22. The van der Waals surface area contributed by atoms with E-state index in [9.17, 15) is 4.79 Å². The summed E-state index contributed by atoms with van der Waals surface area (Å²) in [6.45, 7) is 3.92. The maximum absolute atomic E-state index is 13.6. The molecule has 0 N–H and O–H groups in total. The number of hydrogen-bond acceptors (Lipinski definition) is 3. The summed E-state index contributed by atoms with van der Waals surface area (Å²) >= 11 is 37.1. The molecule has 176 valence electrons. The van der Waals surface area contributed by atoms with E-state index < -0.39 is 13.6 Å². The minimum atomic E-state index is -1.96. The van der Waals surface area contributed by atoms with E-state index in [1.165, 1.54) is 12.1 Å². The average molecular weight is 577 g/mol. The Kier molecular flexibility index (Phi) is 7.00. The summed E-state index contributed by atoms with van der Waals surface area (Å²) < 4.78 is -2.01. The van der Waals surface area contributed by atoms with Gasteiger partial charge in [0.15, 0.2) is 0 Å². The van der Waals surface area contributed by atoms with Gasteiger partial charge in [-0.3, -0.25) is 0 Å². The lowest BCUT2D eigenvalue weighted by atomic mass is 10.1. The first-order chi connectivity index (χ1) is 15.8. The number of benzene rings is 2. The molecule has 11 heteroatoms. The second kappa shape index (κ2) is 9.38. The van der Waals surface area contributed by atoms with Gasteiger partial charge in [0.1, 0.15) is 11.4 Å². The molecular weight excluding hydrogens is 561 g/mol. The molecular formula is C23H16Cl6N4O. The van der Waals surface area contributed by atoms with Crippen LogP contribution in [0.5, 0.6) is 0 Å². The van der Waals surface area contributed by atoms with Gasteiger partial charge in [0.05, 0.1) is 11.4 Å². The molecule has 0 aliphatic rings. The van der Waals surface area contributed by atoms with Crippen LogP contribution in [0.25, 0.3) is 22.5 Å². The van der Waals surface area contributed by atoms with Crippen molar-refractivity contribution in [1.82, 2.24) is 19.6 Å². The second-order valence-electron chi connectivity index (χ2n) is 7.66.